The lowest BCUT2D eigenvalue weighted by Crippen LogP contribution is -2.39. The Morgan fingerprint density at radius 2 is 1.70 bits per heavy atom. The van der Waals surface area contributed by atoms with E-state index >= 15 is 0 Å². The van der Waals surface area contributed by atoms with Gasteiger partial charge in [0.2, 0.25) is 11.8 Å². The van der Waals surface area contributed by atoms with Crippen molar-refractivity contribution in [1.82, 2.24) is 5.32 Å². The monoisotopic (exact) mass is 359 g/mol. The summed E-state index contributed by atoms with van der Waals surface area (Å²) in [6.07, 6.45) is 0.0629. The van der Waals surface area contributed by atoms with Gasteiger partial charge in [0.05, 0.1) is 18.2 Å². The molecular formula is C22H21N3O2. The van der Waals surface area contributed by atoms with E-state index in [9.17, 15) is 9.59 Å². The van der Waals surface area contributed by atoms with Gasteiger partial charge in [0, 0.05) is 11.1 Å². The number of anilines is 2. The van der Waals surface area contributed by atoms with Crippen molar-refractivity contribution in [2.75, 3.05) is 10.6 Å². The number of rotatable bonds is 4. The molecule has 0 aromatic heterocycles. The molecule has 1 aliphatic rings. The first kappa shape index (κ1) is 17.1. The molecule has 0 unspecified atom stereocenters. The predicted molar refractivity (Wildman–Crippen MR) is 108 cm³/mol. The summed E-state index contributed by atoms with van der Waals surface area (Å²) in [7, 11) is 0. The first-order valence-electron chi connectivity index (χ1n) is 9.05. The highest BCUT2D eigenvalue weighted by Gasteiger charge is 2.27. The van der Waals surface area contributed by atoms with E-state index in [1.807, 2.05) is 73.7 Å². The molecule has 2 atom stereocenters. The summed E-state index contributed by atoms with van der Waals surface area (Å²) in [5.41, 5.74) is 2.65. The zero-order valence-corrected chi connectivity index (χ0v) is 15.0. The number of hydrogen-bond acceptors (Lipinski definition) is 3. The lowest BCUT2D eigenvalue weighted by molar-refractivity contribution is -0.125. The van der Waals surface area contributed by atoms with Crippen LogP contribution in [-0.4, -0.2) is 17.9 Å². The fraction of sp³-hybridized carbons (Fsp3) is 0.182. The molecule has 4 rings (SSSR count). The smallest absolute Gasteiger partial charge is 0.247 e. The third kappa shape index (κ3) is 3.49. The van der Waals surface area contributed by atoms with E-state index in [4.69, 9.17) is 0 Å². The van der Waals surface area contributed by atoms with Gasteiger partial charge in [-0.25, -0.2) is 0 Å². The van der Waals surface area contributed by atoms with E-state index in [1.54, 1.807) is 0 Å². The van der Waals surface area contributed by atoms with Crippen molar-refractivity contribution < 1.29 is 9.59 Å². The van der Waals surface area contributed by atoms with Crippen molar-refractivity contribution in [2.24, 2.45) is 0 Å². The average Bonchev–Trinajstić information content (AvgIpc) is 2.81. The molecule has 0 saturated heterocycles. The molecule has 136 valence electrons. The van der Waals surface area contributed by atoms with E-state index in [-0.39, 0.29) is 24.3 Å². The Bertz CT molecular complexity index is 996. The standard InChI is InChI=1S/C22H21N3O2/c1-14(15-7-3-2-4-8-15)23-20(26)13-19-22(27)25-18-12-6-10-16-9-5-11-17(24-19)21(16)18/h2-12,14,19,24H,13H2,1H3,(H,23,26)(H,25,27)/t14-,19+/m0/s1. The second-order valence-electron chi connectivity index (χ2n) is 6.80. The van der Waals surface area contributed by atoms with Crippen LogP contribution in [0.15, 0.2) is 66.7 Å². The van der Waals surface area contributed by atoms with Gasteiger partial charge in [0.1, 0.15) is 6.04 Å². The van der Waals surface area contributed by atoms with Gasteiger partial charge in [-0.15, -0.1) is 0 Å². The summed E-state index contributed by atoms with van der Waals surface area (Å²) in [4.78, 5) is 25.2. The first-order valence-corrected chi connectivity index (χ1v) is 9.05. The quantitative estimate of drug-likeness (QED) is 0.663. The predicted octanol–water partition coefficient (Wildman–Crippen LogP) is 3.84. The Balaban J connectivity index is 1.51. The van der Waals surface area contributed by atoms with Gasteiger partial charge in [-0.05, 0) is 30.0 Å². The molecule has 0 aliphatic carbocycles. The van der Waals surface area contributed by atoms with Gasteiger partial charge in [0.15, 0.2) is 0 Å². The largest absolute Gasteiger partial charge is 0.373 e. The van der Waals surface area contributed by atoms with E-state index in [2.05, 4.69) is 16.0 Å². The summed E-state index contributed by atoms with van der Waals surface area (Å²) in [5.74, 6) is -0.377. The van der Waals surface area contributed by atoms with Crippen LogP contribution in [0.1, 0.15) is 24.9 Å². The molecule has 5 heteroatoms. The van der Waals surface area contributed by atoms with Gasteiger partial charge in [0.25, 0.3) is 0 Å². The van der Waals surface area contributed by atoms with Gasteiger partial charge in [-0.2, -0.15) is 0 Å². The Kier molecular flexibility index (Phi) is 4.50. The number of benzene rings is 3. The number of nitrogens with one attached hydrogen (secondary N) is 3. The second kappa shape index (κ2) is 7.11. The molecule has 0 bridgehead atoms. The maximum atomic E-state index is 12.7. The molecule has 5 nitrogen and oxygen atoms in total. The summed E-state index contributed by atoms with van der Waals surface area (Å²) in [6, 6.07) is 20.7. The summed E-state index contributed by atoms with van der Waals surface area (Å²) in [5, 5.41) is 11.2. The summed E-state index contributed by atoms with van der Waals surface area (Å²) in [6.45, 7) is 1.93. The molecule has 0 radical (unpaired) electrons. The molecule has 1 heterocycles. The topological polar surface area (TPSA) is 70.2 Å². The highest BCUT2D eigenvalue weighted by molar-refractivity contribution is 6.13. The zero-order valence-electron chi connectivity index (χ0n) is 15.0. The number of carbonyl (C=O) groups is 2. The van der Waals surface area contributed by atoms with Gasteiger partial charge < -0.3 is 16.0 Å². The lowest BCUT2D eigenvalue weighted by atomic mass is 10.1. The lowest BCUT2D eigenvalue weighted by Gasteiger charge is -2.19. The Morgan fingerprint density at radius 3 is 2.44 bits per heavy atom. The van der Waals surface area contributed by atoms with Crippen LogP contribution in [0.3, 0.4) is 0 Å². The van der Waals surface area contributed by atoms with Crippen molar-refractivity contribution >= 4 is 34.0 Å². The highest BCUT2D eigenvalue weighted by Crippen LogP contribution is 2.33. The van der Waals surface area contributed by atoms with Gasteiger partial charge in [-0.3, -0.25) is 9.59 Å². The Morgan fingerprint density at radius 1 is 1.00 bits per heavy atom. The molecule has 3 N–H and O–H groups in total. The molecule has 1 aliphatic heterocycles. The van der Waals surface area contributed by atoms with Crippen molar-refractivity contribution in [2.45, 2.75) is 25.4 Å². The van der Waals surface area contributed by atoms with E-state index in [0.717, 1.165) is 27.7 Å². The third-order valence-electron chi connectivity index (χ3n) is 4.88. The molecular weight excluding hydrogens is 338 g/mol. The molecule has 0 fully saturated rings. The van der Waals surface area contributed by atoms with Crippen molar-refractivity contribution in [3.05, 3.63) is 72.3 Å². The summed E-state index contributed by atoms with van der Waals surface area (Å²) >= 11 is 0. The number of hydrogen-bond donors (Lipinski definition) is 3. The minimum atomic E-state index is -0.633. The molecule has 3 aromatic rings. The van der Waals surface area contributed by atoms with Crippen LogP contribution in [0.25, 0.3) is 10.8 Å². The van der Waals surface area contributed by atoms with Gasteiger partial charge >= 0.3 is 0 Å². The molecule has 2 amide bonds. The third-order valence-corrected chi connectivity index (χ3v) is 4.88. The minimum absolute atomic E-state index is 0.0629. The van der Waals surface area contributed by atoms with Crippen molar-refractivity contribution in [3.63, 3.8) is 0 Å². The van der Waals surface area contributed by atoms with Crippen LogP contribution in [0.2, 0.25) is 0 Å². The van der Waals surface area contributed by atoms with Crippen molar-refractivity contribution in [1.29, 1.82) is 0 Å². The van der Waals surface area contributed by atoms with Crippen molar-refractivity contribution in [3.8, 4) is 0 Å². The van der Waals surface area contributed by atoms with Crippen LogP contribution in [-0.2, 0) is 9.59 Å². The minimum Gasteiger partial charge on any atom is -0.373 e. The molecule has 3 aromatic carbocycles. The fourth-order valence-corrected chi connectivity index (χ4v) is 3.49. The SMILES string of the molecule is C[C@H](NC(=O)C[C@H]1Nc2cccc3cccc(c23)NC1=O)c1ccccc1. The summed E-state index contributed by atoms with van der Waals surface area (Å²) < 4.78 is 0. The highest BCUT2D eigenvalue weighted by atomic mass is 16.2. The molecule has 0 spiro atoms. The van der Waals surface area contributed by atoms with Crippen LogP contribution in [0, 0.1) is 0 Å². The second-order valence-corrected chi connectivity index (χ2v) is 6.80. The molecule has 0 saturated carbocycles. The molecule has 27 heavy (non-hydrogen) atoms. The Hall–Kier alpha value is -3.34. The van der Waals surface area contributed by atoms with E-state index in [0.29, 0.717) is 0 Å². The number of amides is 2. The van der Waals surface area contributed by atoms with Crippen LogP contribution in [0.4, 0.5) is 11.4 Å². The maximum absolute atomic E-state index is 12.7. The van der Waals surface area contributed by atoms with Crippen LogP contribution >= 0.6 is 0 Å². The van der Waals surface area contributed by atoms with Gasteiger partial charge in [-0.1, -0.05) is 54.6 Å². The van der Waals surface area contributed by atoms with E-state index < -0.39 is 6.04 Å². The Labute approximate surface area is 157 Å². The van der Waals surface area contributed by atoms with Crippen LogP contribution in [0.5, 0.6) is 0 Å². The zero-order chi connectivity index (χ0) is 18.8. The first-order chi connectivity index (χ1) is 13.1. The maximum Gasteiger partial charge on any atom is 0.247 e. The fourth-order valence-electron chi connectivity index (χ4n) is 3.49. The number of carbonyl (C=O) groups excluding carboxylic acids is 2. The van der Waals surface area contributed by atoms with E-state index in [1.165, 1.54) is 0 Å². The van der Waals surface area contributed by atoms with Crippen LogP contribution < -0.4 is 16.0 Å². The average molecular weight is 359 g/mol. The normalized spacial score (nSPS) is 16.8.